The third-order valence-electron chi connectivity index (χ3n) is 4.56. The zero-order chi connectivity index (χ0) is 17.6. The lowest BCUT2D eigenvalue weighted by Crippen LogP contribution is -2.32. The molecule has 2 aromatic rings. The summed E-state index contributed by atoms with van der Waals surface area (Å²) in [6.45, 7) is 5.87. The number of hydrogen-bond acceptors (Lipinski definition) is 4. The Bertz CT molecular complexity index is 659. The SMILES string of the molecule is CC(C)N1CC(COc2ccccc2CCO)OC1c1ccccc1. The van der Waals surface area contributed by atoms with E-state index in [4.69, 9.17) is 9.47 Å². The highest BCUT2D eigenvalue weighted by atomic mass is 16.6. The van der Waals surface area contributed by atoms with Crippen molar-refractivity contribution in [3.05, 3.63) is 65.7 Å². The van der Waals surface area contributed by atoms with Crippen molar-refractivity contribution in [1.29, 1.82) is 0 Å². The molecule has 1 aliphatic rings. The standard InChI is InChI=1S/C21H27NO3/c1-16(2)22-14-19(25-21(22)18-9-4-3-5-10-18)15-24-20-11-7-6-8-17(20)12-13-23/h3-11,16,19,21,23H,12-15H2,1-2H3. The molecule has 0 aromatic heterocycles. The number of aliphatic hydroxyl groups excluding tert-OH is 1. The van der Waals surface area contributed by atoms with E-state index in [1.54, 1.807) is 0 Å². The largest absolute Gasteiger partial charge is 0.491 e. The van der Waals surface area contributed by atoms with Gasteiger partial charge in [0.2, 0.25) is 0 Å². The fourth-order valence-corrected chi connectivity index (χ4v) is 3.25. The molecule has 0 bridgehead atoms. The first-order chi connectivity index (χ1) is 12.2. The maximum atomic E-state index is 9.19. The van der Waals surface area contributed by atoms with Crippen molar-refractivity contribution in [1.82, 2.24) is 4.90 Å². The molecule has 3 rings (SSSR count). The Balaban J connectivity index is 1.66. The van der Waals surface area contributed by atoms with Gasteiger partial charge in [0.1, 0.15) is 24.7 Å². The third kappa shape index (κ3) is 4.40. The van der Waals surface area contributed by atoms with Gasteiger partial charge in [0, 0.05) is 19.2 Å². The predicted molar refractivity (Wildman–Crippen MR) is 98.6 cm³/mol. The van der Waals surface area contributed by atoms with Crippen molar-refractivity contribution in [3.63, 3.8) is 0 Å². The minimum Gasteiger partial charge on any atom is -0.491 e. The summed E-state index contributed by atoms with van der Waals surface area (Å²) in [6, 6.07) is 18.6. The minimum absolute atomic E-state index is 0.0230. The van der Waals surface area contributed by atoms with E-state index >= 15 is 0 Å². The van der Waals surface area contributed by atoms with Crippen molar-refractivity contribution in [2.75, 3.05) is 19.8 Å². The number of hydrogen-bond donors (Lipinski definition) is 1. The molecule has 1 aliphatic heterocycles. The van der Waals surface area contributed by atoms with Gasteiger partial charge in [-0.05, 0) is 37.5 Å². The number of ether oxygens (including phenoxy) is 2. The molecular formula is C21H27NO3. The molecule has 0 spiro atoms. The van der Waals surface area contributed by atoms with Gasteiger partial charge in [0.25, 0.3) is 0 Å². The van der Waals surface area contributed by atoms with Gasteiger partial charge in [-0.25, -0.2) is 0 Å². The second kappa shape index (κ2) is 8.48. The van der Waals surface area contributed by atoms with E-state index in [9.17, 15) is 5.11 Å². The van der Waals surface area contributed by atoms with E-state index in [0.29, 0.717) is 19.1 Å². The van der Waals surface area contributed by atoms with Crippen LogP contribution < -0.4 is 4.74 Å². The summed E-state index contributed by atoms with van der Waals surface area (Å²) in [5, 5.41) is 9.19. The Hall–Kier alpha value is -1.88. The highest BCUT2D eigenvalue weighted by Gasteiger charge is 2.35. The summed E-state index contributed by atoms with van der Waals surface area (Å²) in [5.41, 5.74) is 2.21. The maximum Gasteiger partial charge on any atom is 0.137 e. The van der Waals surface area contributed by atoms with E-state index in [1.807, 2.05) is 42.5 Å². The molecule has 0 radical (unpaired) electrons. The highest BCUT2D eigenvalue weighted by Crippen LogP contribution is 2.32. The molecule has 2 aromatic carbocycles. The van der Waals surface area contributed by atoms with Gasteiger partial charge in [-0.1, -0.05) is 48.5 Å². The minimum atomic E-state index is -0.0255. The van der Waals surface area contributed by atoms with Crippen LogP contribution in [0.2, 0.25) is 0 Å². The molecule has 0 saturated carbocycles. The first kappa shape index (κ1) is 17.9. The van der Waals surface area contributed by atoms with Crippen molar-refractivity contribution in [3.8, 4) is 5.75 Å². The van der Waals surface area contributed by atoms with E-state index in [-0.39, 0.29) is 18.9 Å². The Kier molecular flexibility index (Phi) is 6.08. The van der Waals surface area contributed by atoms with Gasteiger partial charge in [0.05, 0.1) is 0 Å². The molecule has 4 heteroatoms. The van der Waals surface area contributed by atoms with Crippen molar-refractivity contribution in [2.45, 2.75) is 38.6 Å². The summed E-state index contributed by atoms with van der Waals surface area (Å²) < 4.78 is 12.3. The summed E-state index contributed by atoms with van der Waals surface area (Å²) >= 11 is 0. The quantitative estimate of drug-likeness (QED) is 0.838. The van der Waals surface area contributed by atoms with Crippen LogP contribution in [0.3, 0.4) is 0 Å². The van der Waals surface area contributed by atoms with Crippen LogP contribution in [-0.4, -0.2) is 41.9 Å². The molecule has 1 N–H and O–H groups in total. The van der Waals surface area contributed by atoms with Crippen LogP contribution >= 0.6 is 0 Å². The van der Waals surface area contributed by atoms with Crippen LogP contribution in [0.4, 0.5) is 0 Å². The average Bonchev–Trinajstić information content (AvgIpc) is 3.07. The second-order valence-corrected chi connectivity index (χ2v) is 6.70. The molecule has 25 heavy (non-hydrogen) atoms. The average molecular weight is 341 g/mol. The topological polar surface area (TPSA) is 41.9 Å². The van der Waals surface area contributed by atoms with E-state index in [0.717, 1.165) is 17.9 Å². The molecule has 0 aliphatic carbocycles. The van der Waals surface area contributed by atoms with Gasteiger partial charge in [-0.3, -0.25) is 4.90 Å². The molecule has 2 atom stereocenters. The fourth-order valence-electron chi connectivity index (χ4n) is 3.25. The summed E-state index contributed by atoms with van der Waals surface area (Å²) in [5.74, 6) is 0.833. The Morgan fingerprint density at radius 1 is 1.12 bits per heavy atom. The van der Waals surface area contributed by atoms with Crippen LogP contribution in [0.25, 0.3) is 0 Å². The molecule has 1 heterocycles. The smallest absolute Gasteiger partial charge is 0.137 e. The van der Waals surface area contributed by atoms with Crippen LogP contribution in [0, 0.1) is 0 Å². The molecule has 2 unspecified atom stereocenters. The second-order valence-electron chi connectivity index (χ2n) is 6.70. The zero-order valence-corrected chi connectivity index (χ0v) is 15.0. The number of rotatable bonds is 7. The molecule has 1 saturated heterocycles. The van der Waals surface area contributed by atoms with E-state index < -0.39 is 0 Å². The van der Waals surface area contributed by atoms with Gasteiger partial charge < -0.3 is 14.6 Å². The predicted octanol–water partition coefficient (Wildman–Crippen LogP) is 3.41. The van der Waals surface area contributed by atoms with Crippen molar-refractivity contribution < 1.29 is 14.6 Å². The number of nitrogens with zero attached hydrogens (tertiary/aromatic N) is 1. The van der Waals surface area contributed by atoms with Gasteiger partial charge in [-0.2, -0.15) is 0 Å². The monoisotopic (exact) mass is 341 g/mol. The van der Waals surface area contributed by atoms with Crippen LogP contribution in [0.1, 0.15) is 31.2 Å². The molecule has 0 amide bonds. The molecule has 134 valence electrons. The normalized spacial score (nSPS) is 21.0. The highest BCUT2D eigenvalue weighted by molar-refractivity contribution is 5.33. The number of benzene rings is 2. The molecular weight excluding hydrogens is 314 g/mol. The van der Waals surface area contributed by atoms with Crippen molar-refractivity contribution >= 4 is 0 Å². The summed E-state index contributed by atoms with van der Waals surface area (Å²) in [7, 11) is 0. The Morgan fingerprint density at radius 2 is 1.84 bits per heavy atom. The Labute approximate surface area is 150 Å². The van der Waals surface area contributed by atoms with Crippen LogP contribution in [-0.2, 0) is 11.2 Å². The molecule has 4 nitrogen and oxygen atoms in total. The van der Waals surface area contributed by atoms with E-state index in [2.05, 4.69) is 30.9 Å². The molecule has 1 fully saturated rings. The van der Waals surface area contributed by atoms with Gasteiger partial charge in [0.15, 0.2) is 0 Å². The lowest BCUT2D eigenvalue weighted by Gasteiger charge is -2.26. The first-order valence-electron chi connectivity index (χ1n) is 8.96. The lowest BCUT2D eigenvalue weighted by atomic mass is 10.1. The lowest BCUT2D eigenvalue weighted by molar-refractivity contribution is -0.0235. The van der Waals surface area contributed by atoms with Gasteiger partial charge in [-0.15, -0.1) is 0 Å². The number of aliphatic hydroxyl groups is 1. The van der Waals surface area contributed by atoms with Crippen LogP contribution in [0.5, 0.6) is 5.75 Å². The third-order valence-corrected chi connectivity index (χ3v) is 4.56. The fraction of sp³-hybridized carbons (Fsp3) is 0.429. The zero-order valence-electron chi connectivity index (χ0n) is 15.0. The summed E-state index contributed by atoms with van der Waals surface area (Å²) in [4.78, 5) is 2.36. The van der Waals surface area contributed by atoms with Crippen molar-refractivity contribution in [2.24, 2.45) is 0 Å². The Morgan fingerprint density at radius 3 is 2.56 bits per heavy atom. The van der Waals surface area contributed by atoms with E-state index in [1.165, 1.54) is 5.56 Å². The first-order valence-corrected chi connectivity index (χ1v) is 8.96. The summed E-state index contributed by atoms with van der Waals surface area (Å²) in [6.07, 6.45) is 0.601. The van der Waals surface area contributed by atoms with Gasteiger partial charge >= 0.3 is 0 Å². The number of para-hydroxylation sites is 1. The maximum absolute atomic E-state index is 9.19. The van der Waals surface area contributed by atoms with Crippen LogP contribution in [0.15, 0.2) is 54.6 Å².